The number of amides is 2. The summed E-state index contributed by atoms with van der Waals surface area (Å²) in [5.41, 5.74) is 0.411. The molecule has 28 heavy (non-hydrogen) atoms. The van der Waals surface area contributed by atoms with Crippen LogP contribution in [0.2, 0.25) is 0 Å². The summed E-state index contributed by atoms with van der Waals surface area (Å²) in [6, 6.07) is 6.44. The number of halogens is 1. The minimum Gasteiger partial charge on any atom is -0.356 e. The smallest absolute Gasteiger partial charge is 0.237 e. The number of nitrogens with one attached hydrogen (secondary N) is 2. The van der Waals surface area contributed by atoms with Crippen molar-refractivity contribution in [2.24, 2.45) is 5.92 Å². The summed E-state index contributed by atoms with van der Waals surface area (Å²) in [7, 11) is 0. The number of nitrogens with zero attached hydrogens (tertiary/aromatic N) is 1. The fourth-order valence-corrected chi connectivity index (χ4v) is 3.41. The first-order valence-electron chi connectivity index (χ1n) is 10.3. The number of benzene rings is 1. The molecular weight excluding hydrogens is 357 g/mol. The largest absolute Gasteiger partial charge is 0.356 e. The Morgan fingerprint density at radius 1 is 1.25 bits per heavy atom. The van der Waals surface area contributed by atoms with Gasteiger partial charge in [0.05, 0.1) is 6.04 Å². The molecule has 156 valence electrons. The van der Waals surface area contributed by atoms with Gasteiger partial charge in [0, 0.05) is 18.0 Å². The number of carbonyl (C=O) groups is 2. The average Bonchev–Trinajstić information content (AvgIpc) is 2.68. The summed E-state index contributed by atoms with van der Waals surface area (Å²) in [5, 5.41) is 6.02. The van der Waals surface area contributed by atoms with E-state index in [9.17, 15) is 14.0 Å². The van der Waals surface area contributed by atoms with E-state index in [1.807, 2.05) is 20.8 Å². The van der Waals surface area contributed by atoms with Crippen LogP contribution in [-0.2, 0) is 16.0 Å². The maximum absolute atomic E-state index is 13.6. The molecule has 2 rings (SSSR count). The molecule has 1 aromatic rings. The van der Waals surface area contributed by atoms with Gasteiger partial charge in [0.1, 0.15) is 5.82 Å². The number of carbonyl (C=O) groups excluding carboxylic acids is 2. The number of hydrogen-bond donors (Lipinski definition) is 2. The molecule has 1 aliphatic heterocycles. The molecule has 0 saturated carbocycles. The SMILES string of the molecule is CCC(C)(C)NC(=O)C(C)N1CCC(C(=O)NCCc2ccccc2F)CC1. The topological polar surface area (TPSA) is 61.4 Å². The molecule has 1 saturated heterocycles. The van der Waals surface area contributed by atoms with Gasteiger partial charge in [-0.25, -0.2) is 4.39 Å². The summed E-state index contributed by atoms with van der Waals surface area (Å²) in [4.78, 5) is 27.0. The fraction of sp³-hybridized carbons (Fsp3) is 0.636. The second kappa shape index (κ2) is 10.0. The first-order valence-corrected chi connectivity index (χ1v) is 10.3. The normalized spacial score (nSPS) is 17.2. The fourth-order valence-electron chi connectivity index (χ4n) is 3.41. The third-order valence-corrected chi connectivity index (χ3v) is 5.82. The monoisotopic (exact) mass is 391 g/mol. The predicted molar refractivity (Wildman–Crippen MR) is 109 cm³/mol. The molecule has 0 aliphatic carbocycles. The Bertz CT molecular complexity index is 670. The van der Waals surface area contributed by atoms with Crippen molar-refractivity contribution in [3.8, 4) is 0 Å². The van der Waals surface area contributed by atoms with Crippen LogP contribution in [0.4, 0.5) is 4.39 Å². The summed E-state index contributed by atoms with van der Waals surface area (Å²) in [6.07, 6.45) is 2.84. The average molecular weight is 392 g/mol. The highest BCUT2D eigenvalue weighted by Gasteiger charge is 2.31. The Morgan fingerprint density at radius 3 is 2.50 bits per heavy atom. The Balaban J connectivity index is 1.74. The first-order chi connectivity index (χ1) is 13.2. The van der Waals surface area contributed by atoms with E-state index < -0.39 is 0 Å². The van der Waals surface area contributed by atoms with Gasteiger partial charge in [0.15, 0.2) is 0 Å². The first kappa shape index (κ1) is 22.3. The van der Waals surface area contributed by atoms with Crippen LogP contribution < -0.4 is 10.6 Å². The molecule has 5 nitrogen and oxygen atoms in total. The van der Waals surface area contributed by atoms with Crippen LogP contribution in [-0.4, -0.2) is 47.9 Å². The van der Waals surface area contributed by atoms with Crippen molar-refractivity contribution in [2.45, 2.75) is 65.0 Å². The molecule has 0 spiro atoms. The second-order valence-electron chi connectivity index (χ2n) is 8.35. The minimum atomic E-state index is -0.233. The van der Waals surface area contributed by atoms with Crippen molar-refractivity contribution < 1.29 is 14.0 Å². The molecule has 0 aromatic heterocycles. The van der Waals surface area contributed by atoms with Crippen molar-refractivity contribution in [2.75, 3.05) is 19.6 Å². The minimum absolute atomic E-state index is 0.0280. The lowest BCUT2D eigenvalue weighted by Gasteiger charge is -2.36. The molecule has 1 atom stereocenters. The Morgan fingerprint density at radius 2 is 1.89 bits per heavy atom. The Kier molecular flexibility index (Phi) is 7.98. The zero-order chi connectivity index (χ0) is 20.7. The van der Waals surface area contributed by atoms with Crippen LogP contribution in [0.15, 0.2) is 24.3 Å². The number of piperidine rings is 1. The van der Waals surface area contributed by atoms with Crippen molar-refractivity contribution in [3.05, 3.63) is 35.6 Å². The quantitative estimate of drug-likeness (QED) is 0.716. The van der Waals surface area contributed by atoms with Crippen LogP contribution in [0.25, 0.3) is 0 Å². The summed E-state index contributed by atoms with van der Waals surface area (Å²) >= 11 is 0. The molecule has 1 aliphatic rings. The van der Waals surface area contributed by atoms with E-state index in [-0.39, 0.29) is 35.1 Å². The third kappa shape index (κ3) is 6.30. The molecule has 0 radical (unpaired) electrons. The maximum Gasteiger partial charge on any atom is 0.237 e. The van der Waals surface area contributed by atoms with Crippen LogP contribution in [0.3, 0.4) is 0 Å². The van der Waals surface area contributed by atoms with Crippen LogP contribution in [0.5, 0.6) is 0 Å². The van der Waals surface area contributed by atoms with E-state index in [4.69, 9.17) is 0 Å². The summed E-state index contributed by atoms with van der Waals surface area (Å²) in [5.74, 6) is -0.206. The van der Waals surface area contributed by atoms with Gasteiger partial charge in [-0.3, -0.25) is 14.5 Å². The Hall–Kier alpha value is -1.95. The van der Waals surface area contributed by atoms with Gasteiger partial charge in [-0.2, -0.15) is 0 Å². The highest BCUT2D eigenvalue weighted by atomic mass is 19.1. The van der Waals surface area contributed by atoms with Crippen LogP contribution in [0.1, 0.15) is 52.5 Å². The van der Waals surface area contributed by atoms with Crippen molar-refractivity contribution >= 4 is 11.8 Å². The Labute approximate surface area is 168 Å². The van der Waals surface area contributed by atoms with E-state index in [0.29, 0.717) is 18.5 Å². The standard InChI is InChI=1S/C22H34FN3O2/c1-5-22(3,4)25-20(27)16(2)26-14-11-18(12-15-26)21(28)24-13-10-17-8-6-7-9-19(17)23/h6-9,16,18H,5,10-15H2,1-4H3,(H,24,28)(H,25,27). The van der Waals surface area contributed by atoms with E-state index >= 15 is 0 Å². The van der Waals surface area contributed by atoms with E-state index in [1.54, 1.807) is 18.2 Å². The molecule has 1 aromatic carbocycles. The lowest BCUT2D eigenvalue weighted by atomic mass is 9.94. The zero-order valence-corrected chi connectivity index (χ0v) is 17.6. The number of rotatable bonds is 8. The highest BCUT2D eigenvalue weighted by Crippen LogP contribution is 2.20. The molecule has 2 N–H and O–H groups in total. The highest BCUT2D eigenvalue weighted by molar-refractivity contribution is 5.82. The maximum atomic E-state index is 13.6. The molecule has 6 heteroatoms. The molecule has 1 unspecified atom stereocenters. The van der Waals surface area contributed by atoms with Crippen molar-refractivity contribution in [3.63, 3.8) is 0 Å². The number of hydrogen-bond acceptors (Lipinski definition) is 3. The molecule has 1 fully saturated rings. The molecular formula is C22H34FN3O2. The van der Waals surface area contributed by atoms with Gasteiger partial charge >= 0.3 is 0 Å². The van der Waals surface area contributed by atoms with Crippen molar-refractivity contribution in [1.82, 2.24) is 15.5 Å². The molecule has 1 heterocycles. The summed E-state index contributed by atoms with van der Waals surface area (Å²) < 4.78 is 13.6. The van der Waals surface area contributed by atoms with E-state index in [2.05, 4.69) is 22.5 Å². The second-order valence-corrected chi connectivity index (χ2v) is 8.35. The zero-order valence-electron chi connectivity index (χ0n) is 17.6. The van der Waals surface area contributed by atoms with Crippen molar-refractivity contribution in [1.29, 1.82) is 0 Å². The molecule has 0 bridgehead atoms. The van der Waals surface area contributed by atoms with Gasteiger partial charge in [-0.15, -0.1) is 0 Å². The molecule has 2 amide bonds. The van der Waals surface area contributed by atoms with Gasteiger partial charge in [-0.05, 0) is 71.2 Å². The summed E-state index contributed by atoms with van der Waals surface area (Å²) in [6.45, 7) is 9.92. The lowest BCUT2D eigenvalue weighted by molar-refractivity contribution is -0.129. The van der Waals surface area contributed by atoms with Gasteiger partial charge < -0.3 is 10.6 Å². The number of likely N-dealkylation sites (tertiary alicyclic amines) is 1. The third-order valence-electron chi connectivity index (χ3n) is 5.82. The van der Waals surface area contributed by atoms with Gasteiger partial charge in [-0.1, -0.05) is 25.1 Å². The van der Waals surface area contributed by atoms with E-state index in [1.165, 1.54) is 6.07 Å². The van der Waals surface area contributed by atoms with Gasteiger partial charge in [0.25, 0.3) is 0 Å². The van der Waals surface area contributed by atoms with Crippen LogP contribution >= 0.6 is 0 Å². The lowest BCUT2D eigenvalue weighted by Crippen LogP contribution is -2.54. The van der Waals surface area contributed by atoms with Crippen LogP contribution in [0, 0.1) is 11.7 Å². The van der Waals surface area contributed by atoms with E-state index in [0.717, 1.165) is 32.4 Å². The predicted octanol–water partition coefficient (Wildman–Crippen LogP) is 2.89. The van der Waals surface area contributed by atoms with Gasteiger partial charge in [0.2, 0.25) is 11.8 Å².